The van der Waals surface area contributed by atoms with Gasteiger partial charge in [-0.15, -0.1) is 0 Å². The first-order chi connectivity index (χ1) is 12.1. The number of amides is 1. The fourth-order valence-electron chi connectivity index (χ4n) is 2.76. The van der Waals surface area contributed by atoms with Crippen LogP contribution in [0.1, 0.15) is 30.2 Å². The Morgan fingerprint density at radius 2 is 1.88 bits per heavy atom. The van der Waals surface area contributed by atoms with E-state index in [9.17, 15) is 4.79 Å². The van der Waals surface area contributed by atoms with Gasteiger partial charge in [-0.2, -0.15) is 0 Å². The lowest BCUT2D eigenvalue weighted by atomic mass is 10.2. The van der Waals surface area contributed by atoms with Crippen molar-refractivity contribution in [2.45, 2.75) is 20.8 Å². The largest absolute Gasteiger partial charge is 0.338 e. The van der Waals surface area contributed by atoms with E-state index < -0.39 is 0 Å². The lowest BCUT2D eigenvalue weighted by Crippen LogP contribution is -2.31. The SMILES string of the molecule is CCN(CC)C(=O)c1cc(Nc2cccc3cccnc23)nc(C)n1. The van der Waals surface area contributed by atoms with Crippen LogP contribution in [-0.2, 0) is 0 Å². The standard InChI is InChI=1S/C19H21N5O/c1-4-24(5-2)19(25)16-12-17(22-13(3)21-16)23-15-10-6-8-14-9-7-11-20-18(14)15/h6-12H,4-5H2,1-3H3,(H,21,22,23). The van der Waals surface area contributed by atoms with Gasteiger partial charge >= 0.3 is 0 Å². The van der Waals surface area contributed by atoms with E-state index in [1.165, 1.54) is 0 Å². The Bertz CT molecular complexity index is 900. The molecule has 0 saturated carbocycles. The third-order valence-corrected chi connectivity index (χ3v) is 4.00. The van der Waals surface area contributed by atoms with E-state index in [-0.39, 0.29) is 5.91 Å². The Kier molecular flexibility index (Phi) is 4.88. The van der Waals surface area contributed by atoms with Crippen LogP contribution in [-0.4, -0.2) is 38.8 Å². The van der Waals surface area contributed by atoms with E-state index >= 15 is 0 Å². The molecule has 2 heterocycles. The molecule has 6 heteroatoms. The highest BCUT2D eigenvalue weighted by molar-refractivity contribution is 5.94. The maximum absolute atomic E-state index is 12.6. The summed E-state index contributed by atoms with van der Waals surface area (Å²) in [7, 11) is 0. The minimum Gasteiger partial charge on any atom is -0.338 e. The van der Waals surface area contributed by atoms with Crippen LogP contribution >= 0.6 is 0 Å². The van der Waals surface area contributed by atoms with Crippen molar-refractivity contribution in [1.29, 1.82) is 0 Å². The molecule has 6 nitrogen and oxygen atoms in total. The Morgan fingerprint density at radius 3 is 2.64 bits per heavy atom. The number of aryl methyl sites for hydroxylation is 1. The first-order valence-corrected chi connectivity index (χ1v) is 8.38. The number of hydrogen-bond acceptors (Lipinski definition) is 5. The third kappa shape index (κ3) is 3.57. The molecule has 128 valence electrons. The molecule has 0 saturated heterocycles. The van der Waals surface area contributed by atoms with Gasteiger partial charge in [0.2, 0.25) is 0 Å². The summed E-state index contributed by atoms with van der Waals surface area (Å²) in [6, 6.07) is 11.5. The van der Waals surface area contributed by atoms with Crippen LogP contribution in [0.15, 0.2) is 42.6 Å². The van der Waals surface area contributed by atoms with Crippen LogP contribution < -0.4 is 5.32 Å². The molecule has 0 aliphatic carbocycles. The number of carbonyl (C=O) groups excluding carboxylic acids is 1. The molecule has 0 bridgehead atoms. The summed E-state index contributed by atoms with van der Waals surface area (Å²) in [4.78, 5) is 27.4. The van der Waals surface area contributed by atoms with Gasteiger partial charge in [-0.25, -0.2) is 9.97 Å². The van der Waals surface area contributed by atoms with Crippen molar-refractivity contribution in [3.05, 3.63) is 54.1 Å². The molecule has 1 N–H and O–H groups in total. The molecule has 0 radical (unpaired) electrons. The molecule has 3 aromatic rings. The van der Waals surface area contributed by atoms with E-state index in [1.54, 1.807) is 24.1 Å². The average molecular weight is 335 g/mol. The zero-order chi connectivity index (χ0) is 17.8. The summed E-state index contributed by atoms with van der Waals surface area (Å²) >= 11 is 0. The van der Waals surface area contributed by atoms with Gasteiger partial charge in [-0.3, -0.25) is 9.78 Å². The second-order valence-electron chi connectivity index (χ2n) is 5.67. The summed E-state index contributed by atoms with van der Waals surface area (Å²) in [6.45, 7) is 6.99. The lowest BCUT2D eigenvalue weighted by Gasteiger charge is -2.18. The van der Waals surface area contributed by atoms with Crippen molar-refractivity contribution >= 4 is 28.3 Å². The fraction of sp³-hybridized carbons (Fsp3) is 0.263. The number of pyridine rings is 1. The lowest BCUT2D eigenvalue weighted by molar-refractivity contribution is 0.0766. The first-order valence-electron chi connectivity index (χ1n) is 8.38. The van der Waals surface area contributed by atoms with Crippen molar-refractivity contribution in [3.8, 4) is 0 Å². The van der Waals surface area contributed by atoms with Crippen LogP contribution in [0.3, 0.4) is 0 Å². The van der Waals surface area contributed by atoms with Crippen LogP contribution in [0.5, 0.6) is 0 Å². The normalized spacial score (nSPS) is 10.7. The highest BCUT2D eigenvalue weighted by Crippen LogP contribution is 2.24. The molecule has 0 aliphatic rings. The number of nitrogens with one attached hydrogen (secondary N) is 1. The second kappa shape index (κ2) is 7.25. The summed E-state index contributed by atoms with van der Waals surface area (Å²) in [5.41, 5.74) is 2.10. The van der Waals surface area contributed by atoms with Crippen molar-refractivity contribution < 1.29 is 4.79 Å². The summed E-state index contributed by atoms with van der Waals surface area (Å²) < 4.78 is 0. The molecule has 0 atom stereocenters. The van der Waals surface area contributed by atoms with E-state index in [1.807, 2.05) is 44.2 Å². The molecule has 0 spiro atoms. The zero-order valence-corrected chi connectivity index (χ0v) is 14.7. The highest BCUT2D eigenvalue weighted by Gasteiger charge is 2.16. The summed E-state index contributed by atoms with van der Waals surface area (Å²) in [5, 5.41) is 4.31. The number of rotatable bonds is 5. The van der Waals surface area contributed by atoms with Crippen LogP contribution in [0, 0.1) is 6.92 Å². The van der Waals surface area contributed by atoms with Crippen LogP contribution in [0.25, 0.3) is 10.9 Å². The predicted molar refractivity (Wildman–Crippen MR) is 99.0 cm³/mol. The summed E-state index contributed by atoms with van der Waals surface area (Å²) in [5.74, 6) is 1.05. The molecule has 0 aliphatic heterocycles. The average Bonchev–Trinajstić information content (AvgIpc) is 2.62. The molecule has 0 fully saturated rings. The van der Waals surface area contributed by atoms with E-state index in [0.29, 0.717) is 30.4 Å². The van der Waals surface area contributed by atoms with Crippen molar-refractivity contribution in [2.24, 2.45) is 0 Å². The van der Waals surface area contributed by atoms with Gasteiger partial charge in [0.25, 0.3) is 5.91 Å². The number of anilines is 2. The predicted octanol–water partition coefficient (Wildman–Crippen LogP) is 3.56. The first kappa shape index (κ1) is 16.8. The quantitative estimate of drug-likeness (QED) is 0.772. The number of aromatic nitrogens is 3. The van der Waals surface area contributed by atoms with Crippen molar-refractivity contribution in [3.63, 3.8) is 0 Å². The van der Waals surface area contributed by atoms with Crippen LogP contribution in [0.4, 0.5) is 11.5 Å². The Morgan fingerprint density at radius 1 is 1.12 bits per heavy atom. The molecule has 3 rings (SSSR count). The second-order valence-corrected chi connectivity index (χ2v) is 5.67. The Labute approximate surface area is 146 Å². The summed E-state index contributed by atoms with van der Waals surface area (Å²) in [6.07, 6.45) is 1.76. The number of fused-ring (bicyclic) bond motifs is 1. The molecular formula is C19H21N5O. The number of carbonyl (C=O) groups is 1. The topological polar surface area (TPSA) is 71.0 Å². The minimum absolute atomic E-state index is 0.0883. The molecule has 1 amide bonds. The van der Waals surface area contributed by atoms with Crippen molar-refractivity contribution in [2.75, 3.05) is 18.4 Å². The van der Waals surface area contributed by atoms with Gasteiger partial charge in [0.1, 0.15) is 17.3 Å². The monoisotopic (exact) mass is 335 g/mol. The van der Waals surface area contributed by atoms with Gasteiger partial charge in [-0.1, -0.05) is 18.2 Å². The van der Waals surface area contributed by atoms with E-state index in [2.05, 4.69) is 20.3 Å². The fourth-order valence-corrected chi connectivity index (χ4v) is 2.76. The number of benzene rings is 1. The molecule has 1 aromatic carbocycles. The van der Waals surface area contributed by atoms with Gasteiger partial charge in [0.15, 0.2) is 0 Å². The maximum atomic E-state index is 12.6. The molecule has 2 aromatic heterocycles. The Hall–Kier alpha value is -3.02. The molecule has 0 unspecified atom stereocenters. The Balaban J connectivity index is 1.96. The maximum Gasteiger partial charge on any atom is 0.272 e. The zero-order valence-electron chi connectivity index (χ0n) is 14.7. The molecule has 25 heavy (non-hydrogen) atoms. The number of para-hydroxylation sites is 1. The van der Waals surface area contributed by atoms with Gasteiger partial charge < -0.3 is 10.2 Å². The van der Waals surface area contributed by atoms with E-state index in [0.717, 1.165) is 16.6 Å². The molecular weight excluding hydrogens is 314 g/mol. The smallest absolute Gasteiger partial charge is 0.272 e. The third-order valence-electron chi connectivity index (χ3n) is 4.00. The van der Waals surface area contributed by atoms with Gasteiger partial charge in [0.05, 0.1) is 11.2 Å². The number of nitrogens with zero attached hydrogens (tertiary/aromatic N) is 4. The number of hydrogen-bond donors (Lipinski definition) is 1. The van der Waals surface area contributed by atoms with Crippen molar-refractivity contribution in [1.82, 2.24) is 19.9 Å². The van der Waals surface area contributed by atoms with Gasteiger partial charge in [-0.05, 0) is 32.9 Å². The van der Waals surface area contributed by atoms with Crippen LogP contribution in [0.2, 0.25) is 0 Å². The van der Waals surface area contributed by atoms with E-state index in [4.69, 9.17) is 0 Å². The van der Waals surface area contributed by atoms with Gasteiger partial charge in [0, 0.05) is 30.7 Å². The minimum atomic E-state index is -0.0883. The highest BCUT2D eigenvalue weighted by atomic mass is 16.2.